The van der Waals surface area contributed by atoms with Gasteiger partial charge in [-0.1, -0.05) is 6.58 Å². The van der Waals surface area contributed by atoms with Crippen LogP contribution in [0.25, 0.3) is 0 Å². The lowest BCUT2D eigenvalue weighted by molar-refractivity contribution is -0.132. The van der Waals surface area contributed by atoms with E-state index in [0.29, 0.717) is 0 Å². The van der Waals surface area contributed by atoms with Gasteiger partial charge in [-0.25, -0.2) is 8.78 Å². The van der Waals surface area contributed by atoms with Crippen molar-refractivity contribution in [2.24, 2.45) is 11.5 Å². The molecule has 11 heteroatoms. The van der Waals surface area contributed by atoms with E-state index in [9.17, 15) is 26.7 Å². The van der Waals surface area contributed by atoms with E-state index in [2.05, 4.69) is 22.5 Å². The Morgan fingerprint density at radius 2 is 1.93 bits per heavy atom. The highest BCUT2D eigenvalue weighted by Gasteiger charge is 2.33. The maximum Gasteiger partial charge on any atom is 0.432 e. The van der Waals surface area contributed by atoms with Gasteiger partial charge in [0.15, 0.2) is 0 Å². The van der Waals surface area contributed by atoms with Gasteiger partial charge in [-0.3, -0.25) is 4.79 Å². The van der Waals surface area contributed by atoms with Gasteiger partial charge < -0.3 is 21.3 Å². The van der Waals surface area contributed by atoms with Gasteiger partial charge in [-0.2, -0.15) is 13.2 Å². The third-order valence-electron chi connectivity index (χ3n) is 4.37. The highest BCUT2D eigenvalue weighted by molar-refractivity contribution is 9.10. The van der Waals surface area contributed by atoms with Crippen molar-refractivity contribution < 1.29 is 26.7 Å². The van der Waals surface area contributed by atoms with E-state index < -0.39 is 29.5 Å². The maximum absolute atomic E-state index is 13.9. The second-order valence-corrected chi connectivity index (χ2v) is 7.54. The number of allylic oxidation sites excluding steroid dienone is 1. The van der Waals surface area contributed by atoms with E-state index >= 15 is 0 Å². The van der Waals surface area contributed by atoms with Crippen LogP contribution in [0.3, 0.4) is 0 Å². The molecule has 0 unspecified atom stereocenters. The zero-order chi connectivity index (χ0) is 21.9. The van der Waals surface area contributed by atoms with Gasteiger partial charge in [0, 0.05) is 37.4 Å². The largest absolute Gasteiger partial charge is 0.432 e. The van der Waals surface area contributed by atoms with Crippen LogP contribution in [0.4, 0.5) is 22.0 Å². The summed E-state index contributed by atoms with van der Waals surface area (Å²) >= 11 is 2.88. The van der Waals surface area contributed by atoms with Crippen LogP contribution in [-0.4, -0.2) is 47.6 Å². The summed E-state index contributed by atoms with van der Waals surface area (Å²) in [6.45, 7) is 3.92. The molecule has 0 aromatic heterocycles. The van der Waals surface area contributed by atoms with Crippen LogP contribution in [-0.2, 0) is 11.2 Å². The molecule has 160 valence electrons. The summed E-state index contributed by atoms with van der Waals surface area (Å²) in [6.07, 6.45) is -4.08. The van der Waals surface area contributed by atoms with Crippen molar-refractivity contribution in [3.63, 3.8) is 0 Å². The average Bonchev–Trinajstić information content (AvgIpc) is 2.60. The number of piperazine rings is 1. The Bertz CT molecular complexity index is 827. The van der Waals surface area contributed by atoms with E-state index in [1.54, 1.807) is 0 Å². The van der Waals surface area contributed by atoms with Crippen LogP contribution in [0.5, 0.6) is 0 Å². The molecule has 1 saturated heterocycles. The molecule has 0 bridgehead atoms. The SMILES string of the molecule is C=C1CN(C(=O)C[C@H](N)Cc2cc(F)c(Br)cc2F)CCN1/C=C(\N)C(F)(F)F. The quantitative estimate of drug-likeness (QED) is 0.499. The number of hydrogen-bond acceptors (Lipinski definition) is 4. The van der Waals surface area contributed by atoms with Crippen LogP contribution in [0.1, 0.15) is 12.0 Å². The summed E-state index contributed by atoms with van der Waals surface area (Å²) < 4.78 is 65.1. The Morgan fingerprint density at radius 1 is 1.28 bits per heavy atom. The second-order valence-electron chi connectivity index (χ2n) is 6.68. The van der Waals surface area contributed by atoms with Crippen molar-refractivity contribution in [3.8, 4) is 0 Å². The number of amides is 1. The standard InChI is InChI=1S/C18H20BrF5N4O/c1-10-8-28(3-2-27(10)9-16(26)18(22,23)24)17(29)6-12(25)4-11-5-15(21)13(19)7-14(11)20/h5,7,9,12H,1-4,6,8,25-26H2/b16-9-/t12-/m1/s1. The number of nitrogens with two attached hydrogens (primary N) is 2. The summed E-state index contributed by atoms with van der Waals surface area (Å²) in [7, 11) is 0. The predicted octanol–water partition coefficient (Wildman–Crippen LogP) is 3.01. The molecule has 0 spiro atoms. The summed E-state index contributed by atoms with van der Waals surface area (Å²) in [5, 5.41) is 0. The summed E-state index contributed by atoms with van der Waals surface area (Å²) in [5.74, 6) is -1.64. The number of benzene rings is 1. The summed E-state index contributed by atoms with van der Waals surface area (Å²) in [4.78, 5) is 15.1. The first-order valence-corrected chi connectivity index (χ1v) is 9.33. The fourth-order valence-corrected chi connectivity index (χ4v) is 3.13. The van der Waals surface area contributed by atoms with Gasteiger partial charge in [0.1, 0.15) is 17.3 Å². The minimum atomic E-state index is -4.65. The smallest absolute Gasteiger partial charge is 0.394 e. The van der Waals surface area contributed by atoms with Crippen molar-refractivity contribution in [2.75, 3.05) is 19.6 Å². The van der Waals surface area contributed by atoms with Gasteiger partial charge in [0.2, 0.25) is 5.91 Å². The molecular weight excluding hydrogens is 463 g/mol. The molecule has 1 fully saturated rings. The Hall–Kier alpha value is -2.14. The Balaban J connectivity index is 1.94. The number of alkyl halides is 3. The first-order valence-electron chi connectivity index (χ1n) is 8.54. The third kappa shape index (κ3) is 6.17. The zero-order valence-electron chi connectivity index (χ0n) is 15.3. The lowest BCUT2D eigenvalue weighted by atomic mass is 10.0. The van der Waals surface area contributed by atoms with E-state index in [1.807, 2.05) is 0 Å². The maximum atomic E-state index is 13.9. The first kappa shape index (κ1) is 23.1. The topological polar surface area (TPSA) is 75.6 Å². The molecule has 1 atom stereocenters. The summed E-state index contributed by atoms with van der Waals surface area (Å²) in [6, 6.07) is 1.24. The van der Waals surface area contributed by atoms with E-state index in [0.717, 1.165) is 18.3 Å². The average molecular weight is 483 g/mol. The molecule has 0 saturated carbocycles. The molecule has 1 aliphatic heterocycles. The molecule has 1 heterocycles. The zero-order valence-corrected chi connectivity index (χ0v) is 16.9. The first-order chi connectivity index (χ1) is 13.4. The second kappa shape index (κ2) is 9.12. The van der Waals surface area contributed by atoms with Crippen molar-refractivity contribution in [2.45, 2.75) is 25.1 Å². The minimum absolute atomic E-state index is 0.00840. The molecule has 4 N–H and O–H groups in total. The lowest BCUT2D eigenvalue weighted by Crippen LogP contribution is -2.47. The van der Waals surface area contributed by atoms with Crippen LogP contribution in [0.15, 0.2) is 40.8 Å². The van der Waals surface area contributed by atoms with E-state index in [1.165, 1.54) is 9.80 Å². The third-order valence-corrected chi connectivity index (χ3v) is 4.98. The van der Waals surface area contributed by atoms with Crippen LogP contribution in [0.2, 0.25) is 0 Å². The molecule has 1 aromatic carbocycles. The number of nitrogens with zero attached hydrogens (tertiary/aromatic N) is 2. The number of carbonyl (C=O) groups is 1. The van der Waals surface area contributed by atoms with E-state index in [-0.39, 0.29) is 54.1 Å². The normalized spacial score (nSPS) is 16.9. The molecule has 1 amide bonds. The minimum Gasteiger partial charge on any atom is -0.394 e. The monoisotopic (exact) mass is 482 g/mol. The van der Waals surface area contributed by atoms with E-state index in [4.69, 9.17) is 11.5 Å². The fraction of sp³-hybridized carbons (Fsp3) is 0.389. The molecule has 2 rings (SSSR count). The van der Waals surface area contributed by atoms with Crippen molar-refractivity contribution in [3.05, 3.63) is 58.0 Å². The molecule has 0 radical (unpaired) electrons. The van der Waals surface area contributed by atoms with Crippen LogP contribution in [0, 0.1) is 11.6 Å². The van der Waals surface area contributed by atoms with Gasteiger partial charge in [-0.05, 0) is 40.0 Å². The summed E-state index contributed by atoms with van der Waals surface area (Å²) in [5.41, 5.74) is 9.98. The highest BCUT2D eigenvalue weighted by atomic mass is 79.9. The van der Waals surface area contributed by atoms with Gasteiger partial charge in [0.25, 0.3) is 0 Å². The molecule has 1 aliphatic rings. The van der Waals surface area contributed by atoms with Crippen molar-refractivity contribution >= 4 is 21.8 Å². The molecule has 5 nitrogen and oxygen atoms in total. The Kier molecular flexibility index (Phi) is 7.28. The van der Waals surface area contributed by atoms with Crippen LogP contribution >= 0.6 is 15.9 Å². The highest BCUT2D eigenvalue weighted by Crippen LogP contribution is 2.24. The lowest BCUT2D eigenvalue weighted by Gasteiger charge is -2.36. The number of rotatable bonds is 5. The van der Waals surface area contributed by atoms with Gasteiger partial charge in [-0.15, -0.1) is 0 Å². The predicted molar refractivity (Wildman–Crippen MR) is 101 cm³/mol. The van der Waals surface area contributed by atoms with Crippen molar-refractivity contribution in [1.82, 2.24) is 9.80 Å². The fourth-order valence-electron chi connectivity index (χ4n) is 2.81. The molecular formula is C18H20BrF5N4O. The van der Waals surface area contributed by atoms with Crippen LogP contribution < -0.4 is 11.5 Å². The number of halogens is 6. The van der Waals surface area contributed by atoms with Gasteiger partial charge >= 0.3 is 6.18 Å². The Labute approximate surface area is 172 Å². The number of hydrogen-bond donors (Lipinski definition) is 2. The van der Waals surface area contributed by atoms with Crippen molar-refractivity contribution in [1.29, 1.82) is 0 Å². The molecule has 1 aromatic rings. The molecule has 0 aliphatic carbocycles. The Morgan fingerprint density at radius 3 is 2.52 bits per heavy atom. The molecule has 29 heavy (non-hydrogen) atoms. The number of carbonyl (C=O) groups excluding carboxylic acids is 1. The van der Waals surface area contributed by atoms with Gasteiger partial charge in [0.05, 0.1) is 11.0 Å².